The second-order valence-corrected chi connectivity index (χ2v) is 8.36. The summed E-state index contributed by atoms with van der Waals surface area (Å²) in [5.41, 5.74) is 7.63. The van der Waals surface area contributed by atoms with Crippen molar-refractivity contribution in [2.45, 2.75) is 12.5 Å². The lowest BCUT2D eigenvalue weighted by atomic mass is 9.80. The number of carbonyl (C=O) groups is 3. The van der Waals surface area contributed by atoms with E-state index in [-0.39, 0.29) is 40.5 Å². The molecule has 39 heavy (non-hydrogen) atoms. The van der Waals surface area contributed by atoms with Gasteiger partial charge in [0.05, 0.1) is 60.8 Å². The first-order chi connectivity index (χ1) is 18.9. The number of nitrogens with zero attached hydrogens (tertiary/aromatic N) is 3. The number of nitrogens with two attached hydrogens (primary N) is 1. The molecule has 4 rings (SSSR count). The van der Waals surface area contributed by atoms with Gasteiger partial charge in [-0.1, -0.05) is 48.5 Å². The highest BCUT2D eigenvalue weighted by molar-refractivity contribution is 6.08. The van der Waals surface area contributed by atoms with E-state index in [9.17, 15) is 19.6 Å². The molecule has 0 aliphatic carbocycles. The molecule has 0 saturated heterocycles. The molecule has 10 nitrogen and oxygen atoms in total. The van der Waals surface area contributed by atoms with Crippen molar-refractivity contribution in [2.24, 2.45) is 5.73 Å². The number of nitriles is 1. The van der Waals surface area contributed by atoms with Gasteiger partial charge in [0.2, 0.25) is 0 Å². The van der Waals surface area contributed by atoms with Crippen LogP contribution in [0.1, 0.15) is 27.5 Å². The Labute approximate surface area is 225 Å². The predicted octanol–water partition coefficient (Wildman–Crippen LogP) is 2.91. The van der Waals surface area contributed by atoms with Crippen LogP contribution in [-0.2, 0) is 25.6 Å². The van der Waals surface area contributed by atoms with Crippen molar-refractivity contribution in [1.82, 2.24) is 10.3 Å². The third-order valence-corrected chi connectivity index (χ3v) is 6.16. The Kier molecular flexibility index (Phi) is 8.02. The lowest BCUT2D eigenvalue weighted by Crippen LogP contribution is -2.41. The molecule has 0 saturated carbocycles. The third kappa shape index (κ3) is 5.19. The number of pyridine rings is 1. The van der Waals surface area contributed by atoms with Gasteiger partial charge in [-0.15, -0.1) is 0 Å². The SMILES string of the molecule is COC(=O)C1=C(C(=O)OC)N(c2ccccc2C(=O)NCc2ccccn2)C(N)=C(C#N)C1c1ccccc1. The van der Waals surface area contributed by atoms with Crippen molar-refractivity contribution in [3.8, 4) is 6.07 Å². The smallest absolute Gasteiger partial charge is 0.355 e. The standard InChI is InChI=1S/C29H25N5O5/c1-38-28(36)24-23(18-10-4-3-5-11-18)21(16-30)26(31)34(25(24)29(37)39-2)22-14-7-6-13-20(22)27(35)33-17-19-12-8-9-15-32-19/h3-15,23H,17,31H2,1-2H3,(H,33,35). The van der Waals surface area contributed by atoms with Crippen LogP contribution in [0.3, 0.4) is 0 Å². The van der Waals surface area contributed by atoms with Crippen molar-refractivity contribution < 1.29 is 23.9 Å². The lowest BCUT2D eigenvalue weighted by Gasteiger charge is -2.36. The molecule has 2 heterocycles. The molecule has 1 unspecified atom stereocenters. The molecule has 0 radical (unpaired) electrons. The van der Waals surface area contributed by atoms with Gasteiger partial charge < -0.3 is 20.5 Å². The van der Waals surface area contributed by atoms with E-state index in [0.717, 1.165) is 7.11 Å². The quantitative estimate of drug-likeness (QED) is 0.446. The zero-order valence-corrected chi connectivity index (χ0v) is 21.3. The van der Waals surface area contributed by atoms with Crippen molar-refractivity contribution in [3.63, 3.8) is 0 Å². The van der Waals surface area contributed by atoms with E-state index >= 15 is 0 Å². The van der Waals surface area contributed by atoms with Crippen LogP contribution >= 0.6 is 0 Å². The number of benzene rings is 2. The van der Waals surface area contributed by atoms with Gasteiger partial charge in [-0.25, -0.2) is 9.59 Å². The van der Waals surface area contributed by atoms with E-state index in [1.54, 1.807) is 79.0 Å². The average molecular weight is 524 g/mol. The molecule has 1 aliphatic heterocycles. The number of ether oxygens (including phenoxy) is 2. The first kappa shape index (κ1) is 26.6. The Morgan fingerprint density at radius 2 is 1.64 bits per heavy atom. The summed E-state index contributed by atoms with van der Waals surface area (Å²) in [7, 11) is 2.33. The summed E-state index contributed by atoms with van der Waals surface area (Å²) in [4.78, 5) is 45.3. The second kappa shape index (κ2) is 11.7. The summed E-state index contributed by atoms with van der Waals surface area (Å²) >= 11 is 0. The summed E-state index contributed by atoms with van der Waals surface area (Å²) in [6, 6.07) is 22.5. The number of methoxy groups -OCH3 is 2. The number of carbonyl (C=O) groups excluding carboxylic acids is 3. The monoisotopic (exact) mass is 523 g/mol. The van der Waals surface area contributed by atoms with E-state index in [2.05, 4.69) is 16.4 Å². The molecule has 10 heteroatoms. The van der Waals surface area contributed by atoms with Gasteiger partial charge in [-0.3, -0.25) is 14.7 Å². The van der Waals surface area contributed by atoms with Crippen molar-refractivity contribution in [2.75, 3.05) is 19.1 Å². The zero-order valence-electron chi connectivity index (χ0n) is 21.3. The van der Waals surface area contributed by atoms with Crippen molar-refractivity contribution >= 4 is 23.5 Å². The van der Waals surface area contributed by atoms with Gasteiger partial charge in [0.1, 0.15) is 11.5 Å². The Morgan fingerprint density at radius 1 is 0.974 bits per heavy atom. The number of nitrogens with one attached hydrogen (secondary N) is 1. The summed E-state index contributed by atoms with van der Waals surface area (Å²) < 4.78 is 10.1. The fourth-order valence-corrected chi connectivity index (χ4v) is 4.39. The Morgan fingerprint density at radius 3 is 2.28 bits per heavy atom. The Hall–Kier alpha value is -5.43. The van der Waals surface area contributed by atoms with Crippen LogP contribution in [-0.4, -0.2) is 37.0 Å². The molecular weight excluding hydrogens is 498 g/mol. The zero-order chi connectivity index (χ0) is 27.9. The fraction of sp³-hybridized carbons (Fsp3) is 0.138. The predicted molar refractivity (Wildman–Crippen MR) is 141 cm³/mol. The minimum atomic E-state index is -1.01. The maximum absolute atomic E-state index is 13.3. The highest BCUT2D eigenvalue weighted by Gasteiger charge is 2.43. The summed E-state index contributed by atoms with van der Waals surface area (Å²) in [5, 5.41) is 13.0. The van der Waals surface area contributed by atoms with Gasteiger partial charge in [0.25, 0.3) is 5.91 Å². The number of rotatable bonds is 7. The van der Waals surface area contributed by atoms with Crippen molar-refractivity contribution in [1.29, 1.82) is 5.26 Å². The minimum absolute atomic E-state index is 0.00190. The molecule has 3 N–H and O–H groups in total. The summed E-state index contributed by atoms with van der Waals surface area (Å²) in [5.74, 6) is -3.40. The molecule has 0 bridgehead atoms. The van der Waals surface area contributed by atoms with Crippen molar-refractivity contribution in [3.05, 3.63) is 118 Å². The third-order valence-electron chi connectivity index (χ3n) is 6.16. The average Bonchev–Trinajstić information content (AvgIpc) is 2.99. The molecule has 1 atom stereocenters. The van der Waals surface area contributed by atoms with Gasteiger partial charge in [0, 0.05) is 6.20 Å². The van der Waals surface area contributed by atoms with E-state index in [1.807, 2.05) is 0 Å². The van der Waals surface area contributed by atoms with Crippen LogP contribution in [0.4, 0.5) is 5.69 Å². The molecular formula is C29H25N5O5. The first-order valence-corrected chi connectivity index (χ1v) is 11.9. The van der Waals surface area contributed by atoms with E-state index in [0.29, 0.717) is 11.3 Å². The van der Waals surface area contributed by atoms with E-state index in [1.165, 1.54) is 12.0 Å². The number of hydrogen-bond acceptors (Lipinski definition) is 9. The molecule has 0 spiro atoms. The maximum Gasteiger partial charge on any atom is 0.355 e. The fourth-order valence-electron chi connectivity index (χ4n) is 4.39. The van der Waals surface area contributed by atoms with Gasteiger partial charge >= 0.3 is 11.9 Å². The number of aromatic nitrogens is 1. The number of allylic oxidation sites excluding steroid dienone is 1. The second-order valence-electron chi connectivity index (χ2n) is 8.36. The number of para-hydroxylation sites is 1. The van der Waals surface area contributed by atoms with Gasteiger partial charge in [0.15, 0.2) is 0 Å². The van der Waals surface area contributed by atoms with Crippen LogP contribution in [0.2, 0.25) is 0 Å². The highest BCUT2D eigenvalue weighted by atomic mass is 16.5. The topological polar surface area (TPSA) is 148 Å². The highest BCUT2D eigenvalue weighted by Crippen LogP contribution is 2.43. The number of hydrogen-bond donors (Lipinski definition) is 2. The molecule has 3 aromatic rings. The number of esters is 2. The Bertz CT molecular complexity index is 1510. The van der Waals surface area contributed by atoms with Gasteiger partial charge in [-0.2, -0.15) is 5.26 Å². The normalized spacial score (nSPS) is 14.9. The van der Waals surface area contributed by atoms with E-state index in [4.69, 9.17) is 15.2 Å². The number of anilines is 1. The molecule has 0 fully saturated rings. The van der Waals surface area contributed by atoms with Crippen LogP contribution in [0.5, 0.6) is 0 Å². The molecule has 1 amide bonds. The lowest BCUT2D eigenvalue weighted by molar-refractivity contribution is -0.139. The van der Waals surface area contributed by atoms with E-state index < -0.39 is 23.8 Å². The molecule has 1 aliphatic rings. The maximum atomic E-state index is 13.3. The van der Waals surface area contributed by atoms with Gasteiger partial charge in [-0.05, 0) is 29.8 Å². The molecule has 196 valence electrons. The molecule has 1 aromatic heterocycles. The summed E-state index contributed by atoms with van der Waals surface area (Å²) in [6.07, 6.45) is 1.61. The largest absolute Gasteiger partial charge is 0.466 e. The first-order valence-electron chi connectivity index (χ1n) is 11.9. The van der Waals surface area contributed by atoms with Crippen LogP contribution in [0.25, 0.3) is 0 Å². The van der Waals surface area contributed by atoms with Crippen LogP contribution in [0.15, 0.2) is 102 Å². The number of amides is 1. The minimum Gasteiger partial charge on any atom is -0.466 e. The molecule has 2 aromatic carbocycles. The summed E-state index contributed by atoms with van der Waals surface area (Å²) in [6.45, 7) is 0.145. The van der Waals surface area contributed by atoms with Crippen LogP contribution < -0.4 is 16.0 Å². The Balaban J connectivity index is 1.92. The van der Waals surface area contributed by atoms with Crippen LogP contribution in [0, 0.1) is 11.3 Å².